The highest BCUT2D eigenvalue weighted by Gasteiger charge is 2.19. The molecule has 3 heteroatoms. The smallest absolute Gasteiger partial charge is 0.120 e. The van der Waals surface area contributed by atoms with Gasteiger partial charge in [-0.15, -0.1) is 0 Å². The van der Waals surface area contributed by atoms with Crippen molar-refractivity contribution in [2.75, 3.05) is 13.7 Å². The molecule has 2 rings (SSSR count). The second-order valence-corrected chi connectivity index (χ2v) is 6.04. The fourth-order valence-electron chi connectivity index (χ4n) is 2.72. The highest BCUT2D eigenvalue weighted by atomic mass is 79.9. The van der Waals surface area contributed by atoms with Gasteiger partial charge in [0.2, 0.25) is 0 Å². The van der Waals surface area contributed by atoms with Crippen molar-refractivity contribution in [2.45, 2.75) is 26.8 Å². The van der Waals surface area contributed by atoms with E-state index in [1.54, 1.807) is 7.11 Å². The van der Waals surface area contributed by atoms with E-state index in [1.165, 1.54) is 22.3 Å². The number of rotatable bonds is 5. The van der Waals surface area contributed by atoms with Crippen LogP contribution in [0, 0.1) is 13.8 Å². The minimum Gasteiger partial charge on any atom is -0.497 e. The topological polar surface area (TPSA) is 21.3 Å². The standard InChI is InChI=1S/C18H22BrNO/c1-5-20-18(17-12(2)7-6-8-13(17)3)15-10-9-14(21-4)11-16(15)19/h6-11,18,20H,5H2,1-4H3. The summed E-state index contributed by atoms with van der Waals surface area (Å²) < 4.78 is 6.36. The minimum absolute atomic E-state index is 0.177. The van der Waals surface area contributed by atoms with E-state index in [1.807, 2.05) is 12.1 Å². The summed E-state index contributed by atoms with van der Waals surface area (Å²) >= 11 is 3.68. The average molecular weight is 348 g/mol. The van der Waals surface area contributed by atoms with Crippen LogP contribution in [-0.2, 0) is 0 Å². The maximum absolute atomic E-state index is 5.29. The summed E-state index contributed by atoms with van der Waals surface area (Å²) in [5, 5.41) is 3.60. The van der Waals surface area contributed by atoms with Gasteiger partial charge in [-0.1, -0.05) is 47.1 Å². The van der Waals surface area contributed by atoms with Crippen LogP contribution in [0.3, 0.4) is 0 Å². The van der Waals surface area contributed by atoms with E-state index < -0.39 is 0 Å². The highest BCUT2D eigenvalue weighted by molar-refractivity contribution is 9.10. The van der Waals surface area contributed by atoms with Gasteiger partial charge in [-0.05, 0) is 54.8 Å². The number of halogens is 1. The number of ether oxygens (including phenoxy) is 1. The maximum Gasteiger partial charge on any atom is 0.120 e. The Hall–Kier alpha value is -1.32. The molecular weight excluding hydrogens is 326 g/mol. The van der Waals surface area contributed by atoms with Gasteiger partial charge in [0.05, 0.1) is 13.2 Å². The van der Waals surface area contributed by atoms with Crippen molar-refractivity contribution in [3.05, 3.63) is 63.1 Å². The average Bonchev–Trinajstić information content (AvgIpc) is 2.46. The molecule has 0 aliphatic carbocycles. The number of benzene rings is 2. The predicted octanol–water partition coefficient (Wildman–Crippen LogP) is 4.77. The van der Waals surface area contributed by atoms with Crippen molar-refractivity contribution in [3.8, 4) is 5.75 Å². The van der Waals surface area contributed by atoms with Gasteiger partial charge in [-0.25, -0.2) is 0 Å². The van der Waals surface area contributed by atoms with Crippen LogP contribution in [0.4, 0.5) is 0 Å². The van der Waals surface area contributed by atoms with Crippen molar-refractivity contribution in [2.24, 2.45) is 0 Å². The molecule has 0 heterocycles. The third-order valence-electron chi connectivity index (χ3n) is 3.76. The quantitative estimate of drug-likeness (QED) is 0.840. The molecule has 1 unspecified atom stereocenters. The molecule has 0 amide bonds. The Morgan fingerprint density at radius 3 is 2.33 bits per heavy atom. The first-order valence-electron chi connectivity index (χ1n) is 7.21. The first kappa shape index (κ1) is 16.1. The van der Waals surface area contributed by atoms with E-state index in [-0.39, 0.29) is 6.04 Å². The van der Waals surface area contributed by atoms with Crippen molar-refractivity contribution in [3.63, 3.8) is 0 Å². The zero-order valence-electron chi connectivity index (χ0n) is 13.0. The maximum atomic E-state index is 5.29. The highest BCUT2D eigenvalue weighted by Crippen LogP contribution is 2.34. The largest absolute Gasteiger partial charge is 0.497 e. The summed E-state index contributed by atoms with van der Waals surface area (Å²) in [6.07, 6.45) is 0. The first-order valence-corrected chi connectivity index (χ1v) is 8.00. The Morgan fingerprint density at radius 1 is 1.14 bits per heavy atom. The number of nitrogens with one attached hydrogen (secondary N) is 1. The molecule has 2 aromatic rings. The number of methoxy groups -OCH3 is 1. The van der Waals surface area contributed by atoms with Gasteiger partial charge in [-0.2, -0.15) is 0 Å². The van der Waals surface area contributed by atoms with Crippen LogP contribution in [0.25, 0.3) is 0 Å². The van der Waals surface area contributed by atoms with E-state index in [0.29, 0.717) is 0 Å². The van der Waals surface area contributed by atoms with Crippen molar-refractivity contribution in [1.29, 1.82) is 0 Å². The van der Waals surface area contributed by atoms with Crippen LogP contribution in [-0.4, -0.2) is 13.7 Å². The van der Waals surface area contributed by atoms with Gasteiger partial charge >= 0.3 is 0 Å². The molecule has 21 heavy (non-hydrogen) atoms. The third kappa shape index (κ3) is 3.47. The lowest BCUT2D eigenvalue weighted by molar-refractivity contribution is 0.414. The molecular formula is C18H22BrNO. The molecule has 1 atom stereocenters. The van der Waals surface area contributed by atoms with E-state index in [9.17, 15) is 0 Å². The van der Waals surface area contributed by atoms with Gasteiger partial charge in [-0.3, -0.25) is 0 Å². The third-order valence-corrected chi connectivity index (χ3v) is 4.44. The lowest BCUT2D eigenvalue weighted by atomic mass is 9.91. The second kappa shape index (κ2) is 7.10. The Balaban J connectivity index is 2.53. The van der Waals surface area contributed by atoms with Crippen LogP contribution in [0.1, 0.15) is 35.2 Å². The second-order valence-electron chi connectivity index (χ2n) is 5.18. The summed E-state index contributed by atoms with van der Waals surface area (Å²) in [4.78, 5) is 0. The van der Waals surface area contributed by atoms with Gasteiger partial charge in [0.15, 0.2) is 0 Å². The molecule has 0 saturated heterocycles. The van der Waals surface area contributed by atoms with Crippen molar-refractivity contribution >= 4 is 15.9 Å². The van der Waals surface area contributed by atoms with Crippen LogP contribution in [0.2, 0.25) is 0 Å². The Kier molecular flexibility index (Phi) is 5.43. The molecule has 0 radical (unpaired) electrons. The Morgan fingerprint density at radius 2 is 1.81 bits per heavy atom. The lowest BCUT2D eigenvalue weighted by Crippen LogP contribution is -2.24. The zero-order chi connectivity index (χ0) is 15.4. The van der Waals surface area contributed by atoms with E-state index in [0.717, 1.165) is 16.8 Å². The fraction of sp³-hybridized carbons (Fsp3) is 0.333. The number of aryl methyl sites for hydroxylation is 2. The molecule has 2 nitrogen and oxygen atoms in total. The molecule has 0 aliphatic heterocycles. The van der Waals surface area contributed by atoms with Crippen LogP contribution in [0.15, 0.2) is 40.9 Å². The molecule has 0 bridgehead atoms. The normalized spacial score (nSPS) is 12.2. The molecule has 0 aromatic heterocycles. The van der Waals surface area contributed by atoms with Gasteiger partial charge in [0, 0.05) is 4.47 Å². The van der Waals surface area contributed by atoms with Crippen molar-refractivity contribution < 1.29 is 4.74 Å². The van der Waals surface area contributed by atoms with Crippen LogP contribution >= 0.6 is 15.9 Å². The van der Waals surface area contributed by atoms with Crippen LogP contribution in [0.5, 0.6) is 5.75 Å². The number of hydrogen-bond donors (Lipinski definition) is 1. The van der Waals surface area contributed by atoms with Gasteiger partial charge in [0.25, 0.3) is 0 Å². The molecule has 0 fully saturated rings. The number of hydrogen-bond acceptors (Lipinski definition) is 2. The minimum atomic E-state index is 0.177. The van der Waals surface area contributed by atoms with Crippen molar-refractivity contribution in [1.82, 2.24) is 5.32 Å². The summed E-state index contributed by atoms with van der Waals surface area (Å²) in [6.45, 7) is 7.39. The Bertz CT molecular complexity index is 604. The monoisotopic (exact) mass is 347 g/mol. The summed E-state index contributed by atoms with van der Waals surface area (Å²) in [5.74, 6) is 0.863. The summed E-state index contributed by atoms with van der Waals surface area (Å²) in [6, 6.07) is 12.8. The lowest BCUT2D eigenvalue weighted by Gasteiger charge is -2.24. The van der Waals surface area contributed by atoms with Gasteiger partial charge in [0.1, 0.15) is 5.75 Å². The van der Waals surface area contributed by atoms with Gasteiger partial charge < -0.3 is 10.1 Å². The van der Waals surface area contributed by atoms with E-state index in [4.69, 9.17) is 4.74 Å². The molecule has 0 spiro atoms. The molecule has 0 aliphatic rings. The zero-order valence-corrected chi connectivity index (χ0v) is 14.6. The SMILES string of the molecule is CCNC(c1ccc(OC)cc1Br)c1c(C)cccc1C. The summed E-state index contributed by atoms with van der Waals surface area (Å²) in [5.41, 5.74) is 5.20. The summed E-state index contributed by atoms with van der Waals surface area (Å²) in [7, 11) is 1.69. The van der Waals surface area contributed by atoms with Crippen LogP contribution < -0.4 is 10.1 Å². The Labute approximate surface area is 135 Å². The molecule has 2 aromatic carbocycles. The molecule has 1 N–H and O–H groups in total. The predicted molar refractivity (Wildman–Crippen MR) is 92.1 cm³/mol. The molecule has 112 valence electrons. The molecule has 0 saturated carbocycles. The first-order chi connectivity index (χ1) is 10.1. The van der Waals surface area contributed by atoms with E-state index in [2.05, 4.69) is 66.3 Å². The fourth-order valence-corrected chi connectivity index (χ4v) is 3.31. The van der Waals surface area contributed by atoms with E-state index >= 15 is 0 Å².